The van der Waals surface area contributed by atoms with Gasteiger partial charge in [0.25, 0.3) is 15.9 Å². The van der Waals surface area contributed by atoms with Crippen molar-refractivity contribution in [3.63, 3.8) is 0 Å². The van der Waals surface area contributed by atoms with Crippen LogP contribution >= 0.6 is 0 Å². The fourth-order valence-corrected chi connectivity index (χ4v) is 5.11. The first kappa shape index (κ1) is 24.4. The van der Waals surface area contributed by atoms with E-state index in [4.69, 9.17) is 0 Å². The standard InChI is InChI=1S/C21H17F5N4O4S/c1-29-10-18(27-11-29)35(32,33)30-9-15(12-2-4-13(22)5-3-12)19(20(30)31)28-14-6-7-16(23)17(8-14)34-21(24,25)26/h2-8,10-11,15,19,28H,9H2,1H3/t15-,19-/m0/s1. The van der Waals surface area contributed by atoms with Crippen LogP contribution in [0.15, 0.2) is 60.0 Å². The van der Waals surface area contributed by atoms with Gasteiger partial charge >= 0.3 is 6.36 Å². The van der Waals surface area contributed by atoms with E-state index >= 15 is 0 Å². The Hall–Kier alpha value is -3.68. The Kier molecular flexibility index (Phi) is 6.17. The average molecular weight is 516 g/mol. The molecule has 0 radical (unpaired) electrons. The van der Waals surface area contributed by atoms with E-state index in [9.17, 15) is 35.2 Å². The molecule has 2 aromatic carbocycles. The number of carbonyl (C=O) groups is 1. The number of amides is 1. The zero-order valence-electron chi connectivity index (χ0n) is 17.8. The van der Waals surface area contributed by atoms with Crippen LogP contribution in [0.5, 0.6) is 5.75 Å². The quantitative estimate of drug-likeness (QED) is 0.505. The number of ether oxygens (including phenoxy) is 1. The van der Waals surface area contributed by atoms with Gasteiger partial charge in [0.1, 0.15) is 11.9 Å². The summed E-state index contributed by atoms with van der Waals surface area (Å²) in [6.07, 6.45) is -2.72. The lowest BCUT2D eigenvalue weighted by Gasteiger charge is -2.20. The maximum Gasteiger partial charge on any atom is 0.573 e. The number of benzene rings is 2. The molecule has 1 aromatic heterocycles. The van der Waals surface area contributed by atoms with Crippen molar-refractivity contribution in [3.8, 4) is 5.75 Å². The van der Waals surface area contributed by atoms with Crippen molar-refractivity contribution in [2.24, 2.45) is 7.05 Å². The molecule has 2 heterocycles. The first-order chi connectivity index (χ1) is 16.3. The number of sulfonamides is 1. The van der Waals surface area contributed by atoms with Gasteiger partial charge in [-0.15, -0.1) is 13.2 Å². The summed E-state index contributed by atoms with van der Waals surface area (Å²) in [5.41, 5.74) is 0.262. The Labute approximate surface area is 196 Å². The van der Waals surface area contributed by atoms with Crippen LogP contribution in [0, 0.1) is 11.6 Å². The van der Waals surface area contributed by atoms with Crippen LogP contribution in [0.2, 0.25) is 0 Å². The summed E-state index contributed by atoms with van der Waals surface area (Å²) in [6.45, 7) is -0.353. The lowest BCUT2D eigenvalue weighted by molar-refractivity contribution is -0.275. The van der Waals surface area contributed by atoms with Gasteiger partial charge in [-0.3, -0.25) is 4.79 Å². The molecule has 0 saturated carbocycles. The largest absolute Gasteiger partial charge is 0.573 e. The highest BCUT2D eigenvalue weighted by Crippen LogP contribution is 2.35. The van der Waals surface area contributed by atoms with E-state index in [1.54, 1.807) is 7.05 Å². The molecule has 0 spiro atoms. The lowest BCUT2D eigenvalue weighted by atomic mass is 9.94. The summed E-state index contributed by atoms with van der Waals surface area (Å²) in [5, 5.41) is 2.30. The second kappa shape index (κ2) is 8.83. The summed E-state index contributed by atoms with van der Waals surface area (Å²) in [4.78, 5) is 17.0. The number of hydrogen-bond donors (Lipinski definition) is 1. The van der Waals surface area contributed by atoms with Crippen molar-refractivity contribution in [1.82, 2.24) is 13.9 Å². The number of alkyl halides is 3. The number of anilines is 1. The van der Waals surface area contributed by atoms with Gasteiger partial charge in [0, 0.05) is 37.5 Å². The van der Waals surface area contributed by atoms with Crippen molar-refractivity contribution >= 4 is 21.6 Å². The smallest absolute Gasteiger partial charge is 0.403 e. The van der Waals surface area contributed by atoms with Crippen molar-refractivity contribution in [2.75, 3.05) is 11.9 Å². The zero-order chi connectivity index (χ0) is 25.5. The third-order valence-corrected chi connectivity index (χ3v) is 6.94. The summed E-state index contributed by atoms with van der Waals surface area (Å²) >= 11 is 0. The summed E-state index contributed by atoms with van der Waals surface area (Å²) in [7, 11) is -2.84. The molecule has 1 saturated heterocycles. The van der Waals surface area contributed by atoms with Crippen LogP contribution in [0.3, 0.4) is 0 Å². The molecule has 8 nitrogen and oxygen atoms in total. The highest BCUT2D eigenvalue weighted by atomic mass is 32.2. The minimum absolute atomic E-state index is 0.131. The molecule has 4 rings (SSSR count). The summed E-state index contributed by atoms with van der Waals surface area (Å²) < 4.78 is 96.9. The van der Waals surface area contributed by atoms with Crippen LogP contribution in [0.25, 0.3) is 0 Å². The van der Waals surface area contributed by atoms with Gasteiger partial charge in [-0.05, 0) is 29.8 Å². The number of rotatable bonds is 6. The highest BCUT2D eigenvalue weighted by Gasteiger charge is 2.47. The van der Waals surface area contributed by atoms with E-state index in [-0.39, 0.29) is 17.3 Å². The van der Waals surface area contributed by atoms with E-state index < -0.39 is 51.6 Å². The maximum absolute atomic E-state index is 13.8. The Bertz CT molecular complexity index is 1360. The van der Waals surface area contributed by atoms with Crippen molar-refractivity contribution in [1.29, 1.82) is 0 Å². The second-order valence-corrected chi connectivity index (χ2v) is 9.53. The summed E-state index contributed by atoms with van der Waals surface area (Å²) in [5.74, 6) is -4.77. The van der Waals surface area contributed by atoms with E-state index in [0.29, 0.717) is 22.0 Å². The van der Waals surface area contributed by atoms with Crippen LogP contribution < -0.4 is 10.1 Å². The van der Waals surface area contributed by atoms with Gasteiger partial charge in [0.05, 0.1) is 6.33 Å². The van der Waals surface area contributed by atoms with E-state index in [1.165, 1.54) is 29.2 Å². The molecule has 3 aromatic rings. The molecule has 1 fully saturated rings. The average Bonchev–Trinajstić information content (AvgIpc) is 3.35. The van der Waals surface area contributed by atoms with E-state index in [0.717, 1.165) is 18.2 Å². The predicted molar refractivity (Wildman–Crippen MR) is 112 cm³/mol. The normalized spacial score (nSPS) is 18.7. The number of nitrogens with zero attached hydrogens (tertiary/aromatic N) is 3. The van der Waals surface area contributed by atoms with Crippen LogP contribution in [-0.2, 0) is 21.9 Å². The fraction of sp³-hybridized carbons (Fsp3) is 0.238. The van der Waals surface area contributed by atoms with Crippen LogP contribution in [0.4, 0.5) is 27.6 Å². The van der Waals surface area contributed by atoms with Crippen LogP contribution in [0.1, 0.15) is 11.5 Å². The number of halogens is 5. The number of aryl methyl sites for hydroxylation is 1. The van der Waals surface area contributed by atoms with E-state index in [2.05, 4.69) is 15.0 Å². The molecule has 186 valence electrons. The number of aromatic nitrogens is 2. The summed E-state index contributed by atoms with van der Waals surface area (Å²) in [6, 6.07) is 6.15. The maximum atomic E-state index is 13.8. The molecule has 0 unspecified atom stereocenters. The Morgan fingerprint density at radius 2 is 1.80 bits per heavy atom. The SMILES string of the molecule is Cn1cnc(S(=O)(=O)N2C[C@@H](c3ccc(F)cc3)[C@H](Nc3ccc(F)c(OC(F)(F)F)c3)C2=O)c1. The first-order valence-electron chi connectivity index (χ1n) is 9.97. The number of nitrogens with one attached hydrogen (secondary N) is 1. The predicted octanol–water partition coefficient (Wildman–Crippen LogP) is 3.39. The molecular weight excluding hydrogens is 499 g/mol. The van der Waals surface area contributed by atoms with Crippen molar-refractivity contribution in [3.05, 3.63) is 72.2 Å². The molecule has 0 bridgehead atoms. The van der Waals surface area contributed by atoms with Gasteiger partial charge in [-0.2, -0.15) is 8.42 Å². The van der Waals surface area contributed by atoms with Gasteiger partial charge < -0.3 is 14.6 Å². The van der Waals surface area contributed by atoms with Gasteiger partial charge in [-0.25, -0.2) is 18.1 Å². The molecule has 1 amide bonds. The molecule has 14 heteroatoms. The number of hydrogen-bond acceptors (Lipinski definition) is 6. The van der Waals surface area contributed by atoms with Gasteiger partial charge in [-0.1, -0.05) is 12.1 Å². The second-order valence-electron chi connectivity index (χ2n) is 7.72. The highest BCUT2D eigenvalue weighted by molar-refractivity contribution is 7.89. The number of imidazole rings is 1. The first-order valence-corrected chi connectivity index (χ1v) is 11.4. The van der Waals surface area contributed by atoms with Crippen molar-refractivity contribution in [2.45, 2.75) is 23.3 Å². The molecule has 35 heavy (non-hydrogen) atoms. The fourth-order valence-electron chi connectivity index (χ4n) is 3.70. The monoisotopic (exact) mass is 516 g/mol. The van der Waals surface area contributed by atoms with Gasteiger partial charge in [0.2, 0.25) is 0 Å². The molecule has 2 atom stereocenters. The molecule has 0 aliphatic carbocycles. The van der Waals surface area contributed by atoms with Crippen molar-refractivity contribution < 1.29 is 39.9 Å². The molecule has 1 N–H and O–H groups in total. The zero-order valence-corrected chi connectivity index (χ0v) is 18.6. The van der Waals surface area contributed by atoms with E-state index in [1.807, 2.05) is 0 Å². The third kappa shape index (κ3) is 5.06. The lowest BCUT2D eigenvalue weighted by Crippen LogP contribution is -2.38. The molecule has 1 aliphatic rings. The third-order valence-electron chi connectivity index (χ3n) is 5.29. The minimum atomic E-state index is -5.16. The minimum Gasteiger partial charge on any atom is -0.403 e. The Balaban J connectivity index is 1.71. The van der Waals surface area contributed by atoms with Gasteiger partial charge in [0.15, 0.2) is 16.6 Å². The number of carbonyl (C=O) groups excluding carboxylic acids is 1. The Morgan fingerprint density at radius 3 is 2.40 bits per heavy atom. The topological polar surface area (TPSA) is 93.5 Å². The Morgan fingerprint density at radius 1 is 1.11 bits per heavy atom. The molecular formula is C21H17F5N4O4S. The molecule has 1 aliphatic heterocycles. The van der Waals surface area contributed by atoms with Crippen LogP contribution in [-0.4, -0.2) is 47.1 Å².